The molecule has 0 heterocycles. The molecule has 0 saturated heterocycles. The summed E-state index contributed by atoms with van der Waals surface area (Å²) < 4.78 is 0. The fraction of sp³-hybridized carbons (Fsp3) is 0.700. The number of aliphatic carboxylic acids is 1. The molecule has 72 valence electrons. The quantitative estimate of drug-likeness (QED) is 0.646. The number of carboxylic acid groups (broad SMARTS) is 1. The van der Waals surface area contributed by atoms with E-state index in [1.165, 1.54) is 31.8 Å². The molecular formula is C10H15NO2. The van der Waals surface area contributed by atoms with E-state index in [4.69, 9.17) is 5.11 Å². The van der Waals surface area contributed by atoms with Gasteiger partial charge in [0.2, 0.25) is 0 Å². The minimum Gasteiger partial charge on any atom is -0.478 e. The molecule has 0 aromatic heterocycles. The molecule has 0 aromatic carbocycles. The lowest BCUT2D eigenvalue weighted by Crippen LogP contribution is -2.29. The highest BCUT2D eigenvalue weighted by Crippen LogP contribution is 2.44. The molecule has 13 heavy (non-hydrogen) atoms. The fourth-order valence-corrected chi connectivity index (χ4v) is 2.69. The standard InChI is InChI=1S/C10H15NO2/c12-10(13)3-4-11-9-6-7-1-2-8(9)5-7/h3-4,7-9,11H,1-2,5-6H2,(H,12,13)/b4-3+. The second kappa shape index (κ2) is 3.40. The first-order chi connectivity index (χ1) is 6.25. The van der Waals surface area contributed by atoms with Crippen LogP contribution in [-0.4, -0.2) is 17.1 Å². The summed E-state index contributed by atoms with van der Waals surface area (Å²) >= 11 is 0. The monoisotopic (exact) mass is 181 g/mol. The summed E-state index contributed by atoms with van der Waals surface area (Å²) in [6.45, 7) is 0. The highest BCUT2D eigenvalue weighted by molar-refractivity contribution is 5.79. The van der Waals surface area contributed by atoms with Crippen molar-refractivity contribution in [2.45, 2.75) is 31.7 Å². The number of carboxylic acids is 1. The number of fused-ring (bicyclic) bond motifs is 2. The lowest BCUT2D eigenvalue weighted by Gasteiger charge is -2.21. The smallest absolute Gasteiger partial charge is 0.329 e. The van der Waals surface area contributed by atoms with Crippen LogP contribution in [0.3, 0.4) is 0 Å². The van der Waals surface area contributed by atoms with Gasteiger partial charge in [-0.15, -0.1) is 0 Å². The zero-order chi connectivity index (χ0) is 9.26. The molecule has 2 aliphatic carbocycles. The van der Waals surface area contributed by atoms with Crippen LogP contribution in [0, 0.1) is 11.8 Å². The predicted octanol–water partition coefficient (Wildman–Crippen LogP) is 1.36. The van der Waals surface area contributed by atoms with Gasteiger partial charge in [-0.25, -0.2) is 4.79 Å². The van der Waals surface area contributed by atoms with Gasteiger partial charge in [0.1, 0.15) is 0 Å². The summed E-state index contributed by atoms with van der Waals surface area (Å²) in [6, 6.07) is 0.536. The molecule has 2 bridgehead atoms. The van der Waals surface area contributed by atoms with Gasteiger partial charge < -0.3 is 10.4 Å². The van der Waals surface area contributed by atoms with Crippen LogP contribution >= 0.6 is 0 Å². The molecule has 3 atom stereocenters. The average Bonchev–Trinajstić information content (AvgIpc) is 2.64. The van der Waals surface area contributed by atoms with Crippen LogP contribution in [0.5, 0.6) is 0 Å². The van der Waals surface area contributed by atoms with Crippen molar-refractivity contribution in [3.63, 3.8) is 0 Å². The molecule has 2 saturated carbocycles. The molecule has 3 nitrogen and oxygen atoms in total. The molecule has 3 unspecified atom stereocenters. The van der Waals surface area contributed by atoms with E-state index in [0.717, 1.165) is 11.8 Å². The molecule has 2 fully saturated rings. The molecular weight excluding hydrogens is 166 g/mol. The molecule has 2 rings (SSSR count). The van der Waals surface area contributed by atoms with Gasteiger partial charge in [-0.2, -0.15) is 0 Å². The van der Waals surface area contributed by atoms with Crippen molar-refractivity contribution in [3.05, 3.63) is 12.3 Å². The van der Waals surface area contributed by atoms with Crippen molar-refractivity contribution in [1.82, 2.24) is 5.32 Å². The van der Waals surface area contributed by atoms with Gasteiger partial charge in [0.25, 0.3) is 0 Å². The van der Waals surface area contributed by atoms with E-state index in [9.17, 15) is 4.79 Å². The highest BCUT2D eigenvalue weighted by Gasteiger charge is 2.38. The lowest BCUT2D eigenvalue weighted by atomic mass is 9.96. The van der Waals surface area contributed by atoms with Crippen molar-refractivity contribution >= 4 is 5.97 Å². The van der Waals surface area contributed by atoms with E-state index >= 15 is 0 Å². The zero-order valence-corrected chi connectivity index (χ0v) is 7.57. The van der Waals surface area contributed by atoms with Crippen molar-refractivity contribution in [2.24, 2.45) is 11.8 Å². The third kappa shape index (κ3) is 1.85. The average molecular weight is 181 g/mol. The highest BCUT2D eigenvalue weighted by atomic mass is 16.4. The van der Waals surface area contributed by atoms with Gasteiger partial charge in [0, 0.05) is 18.3 Å². The van der Waals surface area contributed by atoms with Crippen LogP contribution in [0.2, 0.25) is 0 Å². The van der Waals surface area contributed by atoms with Gasteiger partial charge in [-0.3, -0.25) is 0 Å². The summed E-state index contributed by atoms with van der Waals surface area (Å²) in [5.41, 5.74) is 0. The topological polar surface area (TPSA) is 49.3 Å². The Morgan fingerprint density at radius 3 is 2.77 bits per heavy atom. The number of nitrogens with one attached hydrogen (secondary N) is 1. The minimum atomic E-state index is -0.879. The van der Waals surface area contributed by atoms with Gasteiger partial charge in [-0.05, 0) is 31.1 Å². The van der Waals surface area contributed by atoms with E-state index in [1.54, 1.807) is 6.20 Å². The van der Waals surface area contributed by atoms with Crippen LogP contribution in [0.25, 0.3) is 0 Å². The first-order valence-electron chi connectivity index (χ1n) is 4.91. The van der Waals surface area contributed by atoms with Crippen molar-refractivity contribution in [2.75, 3.05) is 0 Å². The SMILES string of the molecule is O=C(O)/C=C/NC1CC2CCC1C2. The number of hydrogen-bond donors (Lipinski definition) is 2. The van der Waals surface area contributed by atoms with Gasteiger partial charge >= 0.3 is 5.97 Å². The summed E-state index contributed by atoms with van der Waals surface area (Å²) in [4.78, 5) is 10.2. The second-order valence-electron chi connectivity index (χ2n) is 4.12. The van der Waals surface area contributed by atoms with Gasteiger partial charge in [0.15, 0.2) is 0 Å². The second-order valence-corrected chi connectivity index (χ2v) is 4.12. The van der Waals surface area contributed by atoms with Crippen LogP contribution in [-0.2, 0) is 4.79 Å². The number of rotatable bonds is 3. The fourth-order valence-electron chi connectivity index (χ4n) is 2.69. The summed E-state index contributed by atoms with van der Waals surface area (Å²) in [5.74, 6) is 0.819. The van der Waals surface area contributed by atoms with Crippen LogP contribution < -0.4 is 5.32 Å². The van der Waals surface area contributed by atoms with Crippen LogP contribution in [0.4, 0.5) is 0 Å². The lowest BCUT2D eigenvalue weighted by molar-refractivity contribution is -0.131. The Hall–Kier alpha value is -0.990. The Balaban J connectivity index is 1.80. The molecule has 0 aliphatic heterocycles. The maximum atomic E-state index is 10.2. The third-order valence-corrected chi connectivity index (χ3v) is 3.27. The van der Waals surface area contributed by atoms with Crippen LogP contribution in [0.1, 0.15) is 25.7 Å². The van der Waals surface area contributed by atoms with E-state index in [-0.39, 0.29) is 0 Å². The van der Waals surface area contributed by atoms with E-state index < -0.39 is 5.97 Å². The van der Waals surface area contributed by atoms with E-state index in [0.29, 0.717) is 6.04 Å². The molecule has 0 spiro atoms. The predicted molar refractivity (Wildman–Crippen MR) is 49.1 cm³/mol. The maximum Gasteiger partial charge on any atom is 0.329 e. The van der Waals surface area contributed by atoms with E-state index in [1.807, 2.05) is 0 Å². The largest absolute Gasteiger partial charge is 0.478 e. The Labute approximate surface area is 77.8 Å². The van der Waals surface area contributed by atoms with Crippen molar-refractivity contribution in [3.8, 4) is 0 Å². The summed E-state index contributed by atoms with van der Waals surface area (Å²) in [6.07, 6.45) is 8.03. The first kappa shape index (κ1) is 8.60. The number of hydrogen-bond acceptors (Lipinski definition) is 2. The van der Waals surface area contributed by atoms with Crippen molar-refractivity contribution < 1.29 is 9.90 Å². The molecule has 3 heteroatoms. The summed E-state index contributed by atoms with van der Waals surface area (Å²) in [7, 11) is 0. The Morgan fingerprint density at radius 1 is 1.38 bits per heavy atom. The normalized spacial score (nSPS) is 37.1. The van der Waals surface area contributed by atoms with Crippen LogP contribution in [0.15, 0.2) is 12.3 Å². The maximum absolute atomic E-state index is 10.2. The third-order valence-electron chi connectivity index (χ3n) is 3.27. The molecule has 0 amide bonds. The van der Waals surface area contributed by atoms with Gasteiger partial charge in [-0.1, -0.05) is 6.42 Å². The molecule has 2 aliphatic rings. The first-order valence-corrected chi connectivity index (χ1v) is 4.91. The Bertz CT molecular complexity index is 237. The number of carbonyl (C=O) groups is 1. The summed E-state index contributed by atoms with van der Waals surface area (Å²) in [5, 5.41) is 11.6. The Morgan fingerprint density at radius 2 is 2.23 bits per heavy atom. The minimum absolute atomic E-state index is 0.536. The van der Waals surface area contributed by atoms with E-state index in [2.05, 4.69) is 5.32 Å². The molecule has 0 radical (unpaired) electrons. The van der Waals surface area contributed by atoms with Gasteiger partial charge in [0.05, 0.1) is 0 Å². The Kier molecular flexibility index (Phi) is 2.25. The zero-order valence-electron chi connectivity index (χ0n) is 7.57. The van der Waals surface area contributed by atoms with Crippen molar-refractivity contribution in [1.29, 1.82) is 0 Å². The molecule has 2 N–H and O–H groups in total. The molecule has 0 aromatic rings.